The molecule has 0 atom stereocenters. The zero-order chi connectivity index (χ0) is 13.2. The lowest BCUT2D eigenvalue weighted by Crippen LogP contribution is -3.00. The number of nitrogens with zero attached hydrogens (tertiary/aromatic N) is 1. The molecule has 102 valence electrons. The number of Topliss-reactive ketones (excluding diaryl/α,β-unsaturated/α-hetero) is 1. The summed E-state index contributed by atoms with van der Waals surface area (Å²) in [6, 6.07) is 17.1. The van der Waals surface area contributed by atoms with Crippen LogP contribution in [0, 0.1) is 6.92 Å². The predicted octanol–water partition coefficient (Wildman–Crippen LogP) is -0.0844. The number of halogens is 1. The highest BCUT2D eigenvalue weighted by Gasteiger charge is 2.22. The lowest BCUT2D eigenvalue weighted by atomic mass is 10.1. The maximum atomic E-state index is 12.2. The van der Waals surface area contributed by atoms with Crippen LogP contribution in [0.15, 0.2) is 59.0 Å². The van der Waals surface area contributed by atoms with Crippen LogP contribution in [-0.2, 0) is 6.54 Å². The Labute approximate surface area is 127 Å². The highest BCUT2D eigenvalue weighted by atomic mass is 79.9. The average Bonchev–Trinajstić information content (AvgIpc) is 2.76. The van der Waals surface area contributed by atoms with Gasteiger partial charge in [-0.15, -0.1) is 0 Å². The van der Waals surface area contributed by atoms with Gasteiger partial charge in [-0.25, -0.2) is 0 Å². The van der Waals surface area contributed by atoms with Gasteiger partial charge in [-0.1, -0.05) is 42.5 Å². The molecule has 20 heavy (non-hydrogen) atoms. The van der Waals surface area contributed by atoms with Crippen molar-refractivity contribution in [1.29, 1.82) is 0 Å². The van der Waals surface area contributed by atoms with Crippen molar-refractivity contribution in [3.8, 4) is 0 Å². The number of carbonyl (C=O) groups excluding carboxylic acids is 1. The summed E-state index contributed by atoms with van der Waals surface area (Å²) in [5.74, 6) is 0.825. The number of aromatic nitrogens is 1. The number of para-hydroxylation sites is 2. The van der Waals surface area contributed by atoms with Crippen LogP contribution in [-0.4, -0.2) is 5.78 Å². The SMILES string of the molecule is Cc1oc2ccccc2[n+]1CC(=O)c1ccccc1.[Br-]. The van der Waals surface area contributed by atoms with E-state index >= 15 is 0 Å². The summed E-state index contributed by atoms with van der Waals surface area (Å²) < 4.78 is 7.55. The Balaban J connectivity index is 0.00000147. The van der Waals surface area contributed by atoms with Crippen LogP contribution in [0.5, 0.6) is 0 Å². The molecule has 0 aliphatic heterocycles. The van der Waals surface area contributed by atoms with Crippen LogP contribution < -0.4 is 21.5 Å². The van der Waals surface area contributed by atoms with E-state index in [1.165, 1.54) is 0 Å². The van der Waals surface area contributed by atoms with E-state index in [9.17, 15) is 4.79 Å². The third kappa shape index (κ3) is 2.65. The summed E-state index contributed by atoms with van der Waals surface area (Å²) in [6.07, 6.45) is 0. The van der Waals surface area contributed by atoms with Crippen molar-refractivity contribution >= 4 is 16.9 Å². The maximum Gasteiger partial charge on any atom is 0.345 e. The molecular formula is C16H14BrNO2. The van der Waals surface area contributed by atoms with Gasteiger partial charge in [-0.05, 0) is 6.07 Å². The molecule has 0 aliphatic rings. The molecule has 3 aromatic rings. The quantitative estimate of drug-likeness (QED) is 0.497. The topological polar surface area (TPSA) is 34.1 Å². The van der Waals surface area contributed by atoms with Crippen molar-refractivity contribution in [3.05, 3.63) is 66.1 Å². The first-order valence-corrected chi connectivity index (χ1v) is 6.22. The fourth-order valence-electron chi connectivity index (χ4n) is 2.21. The number of aryl methyl sites for hydroxylation is 1. The first kappa shape index (κ1) is 14.5. The average molecular weight is 332 g/mol. The number of hydrogen-bond acceptors (Lipinski definition) is 2. The van der Waals surface area contributed by atoms with Gasteiger partial charge >= 0.3 is 5.89 Å². The second-order valence-corrected chi connectivity index (χ2v) is 4.46. The number of benzene rings is 2. The summed E-state index contributed by atoms with van der Waals surface area (Å²) in [4.78, 5) is 12.2. The van der Waals surface area contributed by atoms with Crippen molar-refractivity contribution in [2.75, 3.05) is 0 Å². The van der Waals surface area contributed by atoms with Gasteiger partial charge in [0.05, 0.1) is 6.92 Å². The maximum absolute atomic E-state index is 12.2. The highest BCUT2D eigenvalue weighted by Crippen LogP contribution is 2.13. The minimum absolute atomic E-state index is 0. The van der Waals surface area contributed by atoms with Crippen molar-refractivity contribution < 1.29 is 30.8 Å². The van der Waals surface area contributed by atoms with Gasteiger partial charge in [-0.2, -0.15) is 4.57 Å². The molecule has 0 fully saturated rings. The molecule has 3 rings (SSSR count). The van der Waals surface area contributed by atoms with Gasteiger partial charge in [0, 0.05) is 11.6 Å². The zero-order valence-electron chi connectivity index (χ0n) is 11.0. The smallest absolute Gasteiger partial charge is 0.345 e. The number of carbonyl (C=O) groups is 1. The van der Waals surface area contributed by atoms with Gasteiger partial charge in [0.25, 0.3) is 5.52 Å². The molecule has 1 heterocycles. The molecule has 0 saturated heterocycles. The lowest BCUT2D eigenvalue weighted by Gasteiger charge is -1.96. The van der Waals surface area contributed by atoms with Crippen molar-refractivity contribution in [3.63, 3.8) is 0 Å². The Morgan fingerprint density at radius 1 is 1.05 bits per heavy atom. The summed E-state index contributed by atoms with van der Waals surface area (Å²) in [5.41, 5.74) is 2.48. The predicted molar refractivity (Wildman–Crippen MR) is 71.9 cm³/mol. The molecule has 0 saturated carbocycles. The Bertz CT molecular complexity index is 735. The Morgan fingerprint density at radius 3 is 2.45 bits per heavy atom. The van der Waals surface area contributed by atoms with Crippen molar-refractivity contribution in [1.82, 2.24) is 0 Å². The minimum Gasteiger partial charge on any atom is -1.00 e. The third-order valence-electron chi connectivity index (χ3n) is 3.19. The van der Waals surface area contributed by atoms with E-state index in [0.717, 1.165) is 22.6 Å². The molecule has 2 aromatic carbocycles. The van der Waals surface area contributed by atoms with Gasteiger partial charge < -0.3 is 21.4 Å². The highest BCUT2D eigenvalue weighted by molar-refractivity contribution is 5.95. The molecule has 0 spiro atoms. The Kier molecular flexibility index (Phi) is 4.35. The van der Waals surface area contributed by atoms with E-state index in [-0.39, 0.29) is 22.8 Å². The van der Waals surface area contributed by atoms with E-state index in [4.69, 9.17) is 4.42 Å². The fourth-order valence-corrected chi connectivity index (χ4v) is 2.21. The van der Waals surface area contributed by atoms with Crippen LogP contribution in [0.1, 0.15) is 16.2 Å². The molecule has 0 aliphatic carbocycles. The van der Waals surface area contributed by atoms with Crippen LogP contribution in [0.25, 0.3) is 11.1 Å². The van der Waals surface area contributed by atoms with E-state index in [2.05, 4.69) is 0 Å². The van der Waals surface area contributed by atoms with Crippen LogP contribution in [0.2, 0.25) is 0 Å². The number of hydrogen-bond donors (Lipinski definition) is 0. The molecule has 0 bridgehead atoms. The van der Waals surface area contributed by atoms with E-state index < -0.39 is 0 Å². The molecule has 0 N–H and O–H groups in total. The van der Waals surface area contributed by atoms with Crippen molar-refractivity contribution in [2.45, 2.75) is 13.5 Å². The molecule has 0 unspecified atom stereocenters. The molecule has 0 amide bonds. The summed E-state index contributed by atoms with van der Waals surface area (Å²) in [6.45, 7) is 2.17. The van der Waals surface area contributed by atoms with E-state index in [1.807, 2.05) is 66.1 Å². The Morgan fingerprint density at radius 2 is 1.70 bits per heavy atom. The molecule has 4 heteroatoms. The zero-order valence-corrected chi connectivity index (χ0v) is 12.6. The monoisotopic (exact) mass is 331 g/mol. The first-order chi connectivity index (χ1) is 9.25. The normalized spacial score (nSPS) is 10.2. The number of rotatable bonds is 3. The van der Waals surface area contributed by atoms with Crippen molar-refractivity contribution in [2.24, 2.45) is 0 Å². The molecule has 3 nitrogen and oxygen atoms in total. The summed E-state index contributed by atoms with van der Waals surface area (Å²) in [7, 11) is 0. The summed E-state index contributed by atoms with van der Waals surface area (Å²) in [5, 5.41) is 0. The molecule has 0 radical (unpaired) electrons. The Hall–Kier alpha value is -1.94. The van der Waals surface area contributed by atoms with E-state index in [0.29, 0.717) is 6.54 Å². The van der Waals surface area contributed by atoms with E-state index in [1.54, 1.807) is 0 Å². The minimum atomic E-state index is 0. The number of fused-ring (bicyclic) bond motifs is 1. The van der Waals surface area contributed by atoms with Crippen LogP contribution in [0.4, 0.5) is 0 Å². The first-order valence-electron chi connectivity index (χ1n) is 6.22. The standard InChI is InChI=1S/C16H14NO2.BrH/c1-12-17(14-9-5-6-10-16(14)19-12)11-15(18)13-7-3-2-4-8-13;/h2-10H,11H2,1H3;1H/q+1;/p-1. The van der Waals surface area contributed by atoms with Gasteiger partial charge in [0.2, 0.25) is 17.9 Å². The fraction of sp³-hybridized carbons (Fsp3) is 0.125. The second-order valence-electron chi connectivity index (χ2n) is 4.46. The largest absolute Gasteiger partial charge is 1.00 e. The van der Waals surface area contributed by atoms with Gasteiger partial charge in [0.1, 0.15) is 0 Å². The van der Waals surface area contributed by atoms with Crippen LogP contribution in [0.3, 0.4) is 0 Å². The molecule has 1 aromatic heterocycles. The number of oxazole rings is 1. The second kappa shape index (κ2) is 6.01. The summed E-state index contributed by atoms with van der Waals surface area (Å²) >= 11 is 0. The van der Waals surface area contributed by atoms with Gasteiger partial charge in [-0.3, -0.25) is 4.79 Å². The van der Waals surface area contributed by atoms with Gasteiger partial charge in [0.15, 0.2) is 0 Å². The lowest BCUT2D eigenvalue weighted by molar-refractivity contribution is -0.668. The van der Waals surface area contributed by atoms with Crippen LogP contribution >= 0.6 is 0 Å². The molecular weight excluding hydrogens is 318 g/mol. The third-order valence-corrected chi connectivity index (χ3v) is 3.19. The number of ketones is 1.